The molecule has 0 unspecified atom stereocenters. The average Bonchev–Trinajstić information content (AvgIpc) is 2.06. The fourth-order valence-corrected chi connectivity index (χ4v) is 1.42. The monoisotopic (exact) mass is 260 g/mol. The van der Waals surface area contributed by atoms with E-state index in [0.29, 0.717) is 12.1 Å². The van der Waals surface area contributed by atoms with Crippen molar-refractivity contribution in [2.45, 2.75) is 6.18 Å². The number of rotatable bonds is 1. The molecule has 0 fully saturated rings. The minimum Gasteiger partial charge on any atom is -0.276 e. The first-order valence-corrected chi connectivity index (χ1v) is 4.25. The zero-order valence-corrected chi connectivity index (χ0v) is 8.34. The van der Waals surface area contributed by atoms with Gasteiger partial charge in [-0.15, -0.1) is 0 Å². The molecule has 0 heterocycles. The van der Waals surface area contributed by atoms with Gasteiger partial charge in [0.25, 0.3) is 5.24 Å². The third-order valence-electron chi connectivity index (χ3n) is 1.59. The Bertz CT molecular complexity index is 414. The van der Waals surface area contributed by atoms with E-state index in [1.54, 1.807) is 0 Å². The van der Waals surface area contributed by atoms with Crippen molar-refractivity contribution in [3.8, 4) is 0 Å². The van der Waals surface area contributed by atoms with Gasteiger partial charge in [-0.05, 0) is 23.7 Å². The third-order valence-corrected chi connectivity index (χ3v) is 2.16. The Labute approximate surface area is 91.6 Å². The topological polar surface area (TPSA) is 17.1 Å². The molecule has 0 N–H and O–H groups in total. The van der Waals surface area contributed by atoms with Gasteiger partial charge in [0, 0.05) is 5.56 Å². The molecule has 0 atom stereocenters. The largest absolute Gasteiger partial charge is 0.418 e. The second-order valence-electron chi connectivity index (χ2n) is 2.56. The van der Waals surface area contributed by atoms with Crippen LogP contribution in [-0.2, 0) is 6.18 Å². The summed E-state index contributed by atoms with van der Waals surface area (Å²) in [6, 6.07) is 1.28. The molecule has 0 saturated carbocycles. The molecule has 0 radical (unpaired) electrons. The molecule has 1 nitrogen and oxygen atoms in total. The summed E-state index contributed by atoms with van der Waals surface area (Å²) < 4.78 is 49.9. The van der Waals surface area contributed by atoms with Crippen LogP contribution in [0.3, 0.4) is 0 Å². The van der Waals surface area contributed by atoms with E-state index in [9.17, 15) is 22.4 Å². The predicted octanol–water partition coefficient (Wildman–Crippen LogP) is 3.88. The summed E-state index contributed by atoms with van der Waals surface area (Å²) in [6.45, 7) is 0. The normalized spacial score (nSPS) is 11.6. The van der Waals surface area contributed by atoms with Gasteiger partial charge in [0.15, 0.2) is 0 Å². The van der Waals surface area contributed by atoms with Crippen LogP contribution in [0, 0.1) is 5.82 Å². The van der Waals surface area contributed by atoms with Crippen LogP contribution in [0.5, 0.6) is 0 Å². The Morgan fingerprint density at radius 2 is 1.80 bits per heavy atom. The van der Waals surface area contributed by atoms with Crippen molar-refractivity contribution in [3.63, 3.8) is 0 Å². The van der Waals surface area contributed by atoms with Crippen LogP contribution < -0.4 is 0 Å². The van der Waals surface area contributed by atoms with E-state index in [1.165, 1.54) is 0 Å². The number of halogens is 6. The fraction of sp³-hybridized carbons (Fsp3) is 0.125. The number of hydrogen-bond donors (Lipinski definition) is 0. The number of benzene rings is 1. The molecule has 0 spiro atoms. The van der Waals surface area contributed by atoms with Crippen molar-refractivity contribution in [1.29, 1.82) is 0 Å². The van der Waals surface area contributed by atoms with Crippen LogP contribution >= 0.6 is 23.2 Å². The number of carbonyl (C=O) groups is 1. The van der Waals surface area contributed by atoms with Crippen molar-refractivity contribution >= 4 is 28.4 Å². The summed E-state index contributed by atoms with van der Waals surface area (Å²) >= 11 is 10.0. The van der Waals surface area contributed by atoms with Gasteiger partial charge in [-0.1, -0.05) is 11.6 Å². The van der Waals surface area contributed by atoms with Gasteiger partial charge in [0.05, 0.1) is 10.6 Å². The van der Waals surface area contributed by atoms with Crippen molar-refractivity contribution in [2.24, 2.45) is 0 Å². The summed E-state index contributed by atoms with van der Waals surface area (Å²) in [5.74, 6) is -1.26. The quantitative estimate of drug-likeness (QED) is 0.553. The second-order valence-corrected chi connectivity index (χ2v) is 3.28. The van der Waals surface area contributed by atoms with Crippen LogP contribution in [0.15, 0.2) is 12.1 Å². The molecule has 0 amide bonds. The van der Waals surface area contributed by atoms with Crippen LogP contribution in [0.1, 0.15) is 15.9 Å². The number of alkyl halides is 3. The molecule has 1 rings (SSSR count). The molecule has 0 aliphatic heterocycles. The smallest absolute Gasteiger partial charge is 0.276 e. The maximum absolute atomic E-state index is 12.8. The molecule has 0 aliphatic carbocycles. The molecule has 0 bridgehead atoms. The van der Waals surface area contributed by atoms with Gasteiger partial charge in [-0.25, -0.2) is 4.39 Å². The molecule has 15 heavy (non-hydrogen) atoms. The standard InChI is InChI=1S/C8H2Cl2F4O/c9-6-4(11)2-1-3(7(10)15)5(6)8(12,13)14/h1-2H. The van der Waals surface area contributed by atoms with E-state index >= 15 is 0 Å². The van der Waals surface area contributed by atoms with E-state index < -0.39 is 33.4 Å². The first kappa shape index (κ1) is 12.3. The molecular weight excluding hydrogens is 259 g/mol. The zero-order valence-electron chi connectivity index (χ0n) is 6.83. The highest BCUT2D eigenvalue weighted by Gasteiger charge is 2.38. The second kappa shape index (κ2) is 3.98. The summed E-state index contributed by atoms with van der Waals surface area (Å²) in [6.07, 6.45) is -4.93. The van der Waals surface area contributed by atoms with Crippen molar-refractivity contribution < 1.29 is 22.4 Å². The van der Waals surface area contributed by atoms with Crippen molar-refractivity contribution in [1.82, 2.24) is 0 Å². The minimum absolute atomic E-state index is 0.638. The Morgan fingerprint density at radius 1 is 1.27 bits per heavy atom. The highest BCUT2D eigenvalue weighted by atomic mass is 35.5. The Hall–Kier alpha value is -0.810. The lowest BCUT2D eigenvalue weighted by atomic mass is 10.1. The summed E-state index contributed by atoms with van der Waals surface area (Å²) in [4.78, 5) is 10.7. The van der Waals surface area contributed by atoms with Crippen LogP contribution in [0.2, 0.25) is 5.02 Å². The zero-order chi connectivity index (χ0) is 11.8. The van der Waals surface area contributed by atoms with Crippen LogP contribution in [0.4, 0.5) is 17.6 Å². The first-order valence-electron chi connectivity index (χ1n) is 3.50. The van der Waals surface area contributed by atoms with Crippen LogP contribution in [-0.4, -0.2) is 5.24 Å². The van der Waals surface area contributed by atoms with Gasteiger partial charge in [0.2, 0.25) is 0 Å². The molecule has 1 aromatic carbocycles. The third kappa shape index (κ3) is 2.41. The van der Waals surface area contributed by atoms with E-state index in [-0.39, 0.29) is 0 Å². The molecule has 7 heteroatoms. The van der Waals surface area contributed by atoms with E-state index in [4.69, 9.17) is 23.2 Å². The SMILES string of the molecule is O=C(Cl)c1ccc(F)c(Cl)c1C(F)(F)F. The van der Waals surface area contributed by atoms with Gasteiger partial charge < -0.3 is 0 Å². The van der Waals surface area contributed by atoms with Crippen molar-refractivity contribution in [2.75, 3.05) is 0 Å². The van der Waals surface area contributed by atoms with E-state index in [0.717, 1.165) is 0 Å². The molecule has 1 aromatic rings. The highest BCUT2D eigenvalue weighted by Crippen LogP contribution is 2.38. The average molecular weight is 261 g/mol. The summed E-state index contributed by atoms with van der Waals surface area (Å²) in [5.41, 5.74) is -2.42. The Balaban J connectivity index is 3.57. The predicted molar refractivity (Wildman–Crippen MR) is 46.6 cm³/mol. The van der Waals surface area contributed by atoms with E-state index in [2.05, 4.69) is 0 Å². The Morgan fingerprint density at radius 3 is 2.20 bits per heavy atom. The lowest BCUT2D eigenvalue weighted by Gasteiger charge is -2.12. The molecule has 0 aromatic heterocycles. The van der Waals surface area contributed by atoms with Crippen molar-refractivity contribution in [3.05, 3.63) is 34.1 Å². The first-order chi connectivity index (χ1) is 6.75. The number of hydrogen-bond acceptors (Lipinski definition) is 1. The van der Waals surface area contributed by atoms with Gasteiger partial charge in [0.1, 0.15) is 5.82 Å². The molecule has 0 aliphatic rings. The molecular formula is C8H2Cl2F4O. The summed E-state index contributed by atoms with van der Waals surface area (Å²) in [5, 5.41) is -2.50. The fourth-order valence-electron chi connectivity index (χ4n) is 0.992. The lowest BCUT2D eigenvalue weighted by molar-refractivity contribution is -0.137. The maximum Gasteiger partial charge on any atom is 0.418 e. The van der Waals surface area contributed by atoms with Gasteiger partial charge in [-0.3, -0.25) is 4.79 Å². The molecule has 82 valence electrons. The number of carbonyl (C=O) groups excluding carboxylic acids is 1. The Kier molecular flexibility index (Phi) is 3.25. The van der Waals surface area contributed by atoms with Gasteiger partial charge in [-0.2, -0.15) is 13.2 Å². The maximum atomic E-state index is 12.8. The lowest BCUT2D eigenvalue weighted by Crippen LogP contribution is -2.12. The van der Waals surface area contributed by atoms with E-state index in [1.807, 2.05) is 0 Å². The van der Waals surface area contributed by atoms with Gasteiger partial charge >= 0.3 is 6.18 Å². The summed E-state index contributed by atoms with van der Waals surface area (Å²) in [7, 11) is 0. The highest BCUT2D eigenvalue weighted by molar-refractivity contribution is 6.68. The molecule has 0 saturated heterocycles. The van der Waals surface area contributed by atoms with Crippen LogP contribution in [0.25, 0.3) is 0 Å². The minimum atomic E-state index is -4.93.